The van der Waals surface area contributed by atoms with Crippen LogP contribution in [0.4, 0.5) is 13.2 Å². The Kier molecular flexibility index (Phi) is 8.18. The van der Waals surface area contributed by atoms with E-state index in [1.807, 2.05) is 11.0 Å². The van der Waals surface area contributed by atoms with Gasteiger partial charge in [0, 0.05) is 77.3 Å². The number of pyridine rings is 1. The van der Waals surface area contributed by atoms with Crippen LogP contribution in [-0.2, 0) is 15.6 Å². The number of benzene rings is 1. The summed E-state index contributed by atoms with van der Waals surface area (Å²) in [6.07, 6.45) is 6.14. The zero-order valence-electron chi connectivity index (χ0n) is 25.9. The van der Waals surface area contributed by atoms with Crippen molar-refractivity contribution in [3.05, 3.63) is 105 Å². The fraction of sp³-hybridized carbons (Fsp3) is 0.394. The van der Waals surface area contributed by atoms with E-state index in [9.17, 15) is 26.7 Å². The number of fused-ring (bicyclic) bond motifs is 3. The van der Waals surface area contributed by atoms with Gasteiger partial charge >= 0.3 is 6.55 Å². The lowest BCUT2D eigenvalue weighted by Gasteiger charge is -2.43. The lowest BCUT2D eigenvalue weighted by Crippen LogP contribution is -2.54. The van der Waals surface area contributed by atoms with Gasteiger partial charge in [0.1, 0.15) is 17.5 Å². The molecule has 0 radical (unpaired) electrons. The normalized spacial score (nSPS) is 27.2. The van der Waals surface area contributed by atoms with E-state index in [2.05, 4.69) is 15.1 Å². The summed E-state index contributed by atoms with van der Waals surface area (Å²) in [4.78, 5) is 15.8. The molecule has 1 saturated carbocycles. The molecule has 1 unspecified atom stereocenters. The SMILES string of the molecule is O=S(=O)(C[C@H]1CC2=C(c3ccn(C(F)F)n3)[C@H](c3ccc(F)cc3Cl)N=C(c3nccs3)N2C1)N1CC2CC[C@@H](C1)[C@]2(O)c1ccccn1. The number of alkyl halides is 2. The molecule has 3 aliphatic heterocycles. The first-order valence-electron chi connectivity index (χ1n) is 15.9. The first-order chi connectivity index (χ1) is 23.5. The summed E-state index contributed by atoms with van der Waals surface area (Å²) in [6, 6.07) is 9.98. The molecule has 1 aliphatic carbocycles. The van der Waals surface area contributed by atoms with Gasteiger partial charge in [-0.25, -0.2) is 26.8 Å². The average Bonchev–Trinajstić information content (AvgIpc) is 3.87. The minimum Gasteiger partial charge on any atom is -0.383 e. The van der Waals surface area contributed by atoms with E-state index in [4.69, 9.17) is 16.6 Å². The summed E-state index contributed by atoms with van der Waals surface area (Å²) >= 11 is 7.92. The number of halogens is 4. The molecule has 4 aromatic rings. The summed E-state index contributed by atoms with van der Waals surface area (Å²) < 4.78 is 71.9. The van der Waals surface area contributed by atoms with Gasteiger partial charge < -0.3 is 10.0 Å². The molecular formula is C33H31ClF3N7O3S2. The molecule has 49 heavy (non-hydrogen) atoms. The van der Waals surface area contributed by atoms with Crippen LogP contribution < -0.4 is 0 Å². The lowest BCUT2D eigenvalue weighted by molar-refractivity contribution is -0.0775. The van der Waals surface area contributed by atoms with Gasteiger partial charge in [-0.15, -0.1) is 11.3 Å². The summed E-state index contributed by atoms with van der Waals surface area (Å²) in [6.45, 7) is -2.21. The van der Waals surface area contributed by atoms with E-state index < -0.39 is 40.0 Å². The number of sulfonamides is 1. The number of nitrogens with zero attached hydrogens (tertiary/aromatic N) is 7. The Morgan fingerprint density at radius 3 is 2.51 bits per heavy atom. The van der Waals surface area contributed by atoms with E-state index in [1.54, 1.807) is 29.9 Å². The Labute approximate surface area is 289 Å². The second kappa shape index (κ2) is 12.3. The van der Waals surface area contributed by atoms with Crippen molar-refractivity contribution in [2.24, 2.45) is 22.7 Å². The fourth-order valence-corrected chi connectivity index (χ4v) is 10.7. The van der Waals surface area contributed by atoms with Crippen molar-refractivity contribution in [2.75, 3.05) is 25.4 Å². The molecule has 3 aromatic heterocycles. The van der Waals surface area contributed by atoms with Gasteiger partial charge in [0.05, 0.1) is 17.1 Å². The molecule has 10 nitrogen and oxygen atoms in total. The monoisotopic (exact) mass is 729 g/mol. The molecule has 3 fully saturated rings. The van der Waals surface area contributed by atoms with Gasteiger partial charge in [-0.05, 0) is 55.5 Å². The molecule has 5 atom stereocenters. The van der Waals surface area contributed by atoms with Crippen molar-refractivity contribution < 1.29 is 26.7 Å². The second-order valence-electron chi connectivity index (χ2n) is 13.0. The smallest absolute Gasteiger partial charge is 0.333 e. The van der Waals surface area contributed by atoms with Crippen LogP contribution in [0.2, 0.25) is 5.02 Å². The molecule has 256 valence electrons. The maximum atomic E-state index is 14.2. The predicted molar refractivity (Wildman–Crippen MR) is 178 cm³/mol. The molecule has 6 heterocycles. The third-order valence-electron chi connectivity index (χ3n) is 10.2. The molecule has 0 spiro atoms. The minimum atomic E-state index is -3.79. The first kappa shape index (κ1) is 32.6. The maximum Gasteiger partial charge on any atom is 0.333 e. The Morgan fingerprint density at radius 1 is 1.06 bits per heavy atom. The Bertz CT molecular complexity index is 2050. The summed E-state index contributed by atoms with van der Waals surface area (Å²) in [7, 11) is -3.79. The topological polar surface area (TPSA) is 117 Å². The van der Waals surface area contributed by atoms with Crippen molar-refractivity contribution in [2.45, 2.75) is 37.5 Å². The van der Waals surface area contributed by atoms with Gasteiger partial charge in [-0.1, -0.05) is 23.7 Å². The van der Waals surface area contributed by atoms with E-state index >= 15 is 0 Å². The summed E-state index contributed by atoms with van der Waals surface area (Å²) in [5.41, 5.74) is 1.24. The standard InChI is InChI=1S/C33H31ClF3N7O3S2/c34-24-14-22(35)6-7-23(24)29-28(25-8-11-44(41-25)32(36)37)26-13-19(15-43(26)30(40-29)31-39-10-12-48-31)18-49(46,47)42-16-20-4-5-21(17-42)33(20,45)27-3-1-2-9-38-27/h1-3,6-12,14,19-21,29,32,45H,4-5,13,15-18H2/t19-,20-,21?,29-,33+/m0/s1. The molecule has 8 rings (SSSR count). The highest BCUT2D eigenvalue weighted by Gasteiger charge is 2.56. The zero-order chi connectivity index (χ0) is 34.1. The predicted octanol–water partition coefficient (Wildman–Crippen LogP) is 5.72. The largest absolute Gasteiger partial charge is 0.383 e. The number of piperidine rings is 1. The highest BCUT2D eigenvalue weighted by Crippen LogP contribution is 2.52. The van der Waals surface area contributed by atoms with E-state index in [1.165, 1.54) is 46.1 Å². The number of amidine groups is 1. The van der Waals surface area contributed by atoms with Crippen molar-refractivity contribution in [1.29, 1.82) is 0 Å². The number of aromatic nitrogens is 4. The summed E-state index contributed by atoms with van der Waals surface area (Å²) in [5, 5.41) is 18.5. The number of aliphatic hydroxyl groups is 1. The quantitative estimate of drug-likeness (QED) is 0.247. The van der Waals surface area contributed by atoms with E-state index in [-0.39, 0.29) is 54.4 Å². The lowest BCUT2D eigenvalue weighted by atomic mass is 9.78. The van der Waals surface area contributed by atoms with Gasteiger partial charge in [0.25, 0.3) is 0 Å². The zero-order valence-corrected chi connectivity index (χ0v) is 28.3. The number of hydrogen-bond donors (Lipinski definition) is 1. The third kappa shape index (κ3) is 5.59. The van der Waals surface area contributed by atoms with Crippen LogP contribution in [0.5, 0.6) is 0 Å². The molecule has 1 aromatic carbocycles. The number of thiazole rings is 1. The highest BCUT2D eigenvalue weighted by atomic mass is 35.5. The van der Waals surface area contributed by atoms with Crippen LogP contribution in [0.3, 0.4) is 0 Å². The van der Waals surface area contributed by atoms with Crippen LogP contribution in [0.1, 0.15) is 53.8 Å². The first-order valence-corrected chi connectivity index (χ1v) is 18.8. The van der Waals surface area contributed by atoms with Crippen molar-refractivity contribution in [3.63, 3.8) is 0 Å². The fourth-order valence-electron chi connectivity index (χ4n) is 7.99. The van der Waals surface area contributed by atoms with E-state index in [0.29, 0.717) is 50.9 Å². The van der Waals surface area contributed by atoms with Crippen LogP contribution in [0, 0.1) is 23.6 Å². The number of rotatable bonds is 8. The Hall–Kier alpha value is -3.63. The van der Waals surface area contributed by atoms with Gasteiger partial charge in [-0.2, -0.15) is 13.9 Å². The number of hydrogen-bond acceptors (Lipinski definition) is 9. The second-order valence-corrected chi connectivity index (χ2v) is 16.3. The molecule has 1 N–H and O–H groups in total. The van der Waals surface area contributed by atoms with Crippen LogP contribution in [0.25, 0.3) is 5.57 Å². The summed E-state index contributed by atoms with van der Waals surface area (Å²) in [5.74, 6) is -1.18. The van der Waals surface area contributed by atoms with Crippen LogP contribution in [-0.4, -0.2) is 73.7 Å². The van der Waals surface area contributed by atoms with Gasteiger partial charge in [0.2, 0.25) is 10.0 Å². The Morgan fingerprint density at radius 2 is 1.86 bits per heavy atom. The van der Waals surface area contributed by atoms with Crippen LogP contribution >= 0.6 is 22.9 Å². The van der Waals surface area contributed by atoms with Crippen molar-refractivity contribution in [1.82, 2.24) is 29.0 Å². The van der Waals surface area contributed by atoms with Crippen molar-refractivity contribution >= 4 is 44.4 Å². The number of aliphatic imine (C=N–C) groups is 1. The van der Waals surface area contributed by atoms with Crippen LogP contribution in [0.15, 0.2) is 77.1 Å². The van der Waals surface area contributed by atoms with Gasteiger partial charge in [-0.3, -0.25) is 9.98 Å². The maximum absolute atomic E-state index is 14.2. The third-order valence-corrected chi connectivity index (χ3v) is 13.3. The molecule has 2 saturated heterocycles. The molecule has 0 amide bonds. The average molecular weight is 730 g/mol. The highest BCUT2D eigenvalue weighted by molar-refractivity contribution is 7.89. The van der Waals surface area contributed by atoms with Crippen molar-refractivity contribution in [3.8, 4) is 0 Å². The molecule has 4 aliphatic rings. The molecule has 16 heteroatoms. The Balaban J connectivity index is 1.15. The number of allylic oxidation sites excluding steroid dienone is 1. The molecular weight excluding hydrogens is 699 g/mol. The van der Waals surface area contributed by atoms with Gasteiger partial charge in [0.15, 0.2) is 10.8 Å². The molecule has 2 bridgehead atoms. The van der Waals surface area contributed by atoms with E-state index in [0.717, 1.165) is 0 Å². The minimum absolute atomic E-state index is 0.106.